The van der Waals surface area contributed by atoms with Crippen molar-refractivity contribution in [2.75, 3.05) is 26.7 Å². The van der Waals surface area contributed by atoms with Gasteiger partial charge in [-0.05, 0) is 37.6 Å². The van der Waals surface area contributed by atoms with Crippen molar-refractivity contribution in [2.24, 2.45) is 11.1 Å². The summed E-state index contributed by atoms with van der Waals surface area (Å²) in [6.07, 6.45) is 8.98. The van der Waals surface area contributed by atoms with Crippen LogP contribution in [0.25, 0.3) is 0 Å². The summed E-state index contributed by atoms with van der Waals surface area (Å²) in [5.74, 6) is 0.286. The largest absolute Gasteiger partial charge is 0.380 e. The van der Waals surface area contributed by atoms with Crippen molar-refractivity contribution < 1.29 is 9.53 Å². The van der Waals surface area contributed by atoms with E-state index in [9.17, 15) is 4.79 Å². The molecule has 0 aromatic heterocycles. The SMILES string of the molecule is COC1CCCN(C(=O)CC2(CN)CCCCC2)C1. The lowest BCUT2D eigenvalue weighted by Gasteiger charge is -2.39. The Labute approximate surface area is 116 Å². The van der Waals surface area contributed by atoms with Gasteiger partial charge in [-0.1, -0.05) is 19.3 Å². The molecule has 0 aromatic rings. The maximum atomic E-state index is 12.5. The third kappa shape index (κ3) is 3.69. The Kier molecular flexibility index (Phi) is 5.22. The lowest BCUT2D eigenvalue weighted by atomic mass is 9.71. The topological polar surface area (TPSA) is 55.6 Å². The van der Waals surface area contributed by atoms with Crippen LogP contribution in [0.1, 0.15) is 51.4 Å². The van der Waals surface area contributed by atoms with Crippen LogP contribution in [0.5, 0.6) is 0 Å². The van der Waals surface area contributed by atoms with E-state index >= 15 is 0 Å². The van der Waals surface area contributed by atoms with Crippen LogP contribution in [0.2, 0.25) is 0 Å². The van der Waals surface area contributed by atoms with Gasteiger partial charge in [0.1, 0.15) is 0 Å². The van der Waals surface area contributed by atoms with Crippen LogP contribution in [0, 0.1) is 5.41 Å². The standard InChI is InChI=1S/C15H28N2O2/c1-19-13-6-5-9-17(11-13)14(18)10-15(12-16)7-3-2-4-8-15/h13H,2-12,16H2,1H3. The lowest BCUT2D eigenvalue weighted by molar-refractivity contribution is -0.137. The third-order valence-electron chi connectivity index (χ3n) is 4.94. The molecule has 2 rings (SSSR count). The summed E-state index contributed by atoms with van der Waals surface area (Å²) in [5, 5.41) is 0. The minimum absolute atomic E-state index is 0.0787. The molecule has 0 aromatic carbocycles. The predicted molar refractivity (Wildman–Crippen MR) is 75.8 cm³/mol. The summed E-state index contributed by atoms with van der Waals surface area (Å²) in [5.41, 5.74) is 6.05. The smallest absolute Gasteiger partial charge is 0.223 e. The highest BCUT2D eigenvalue weighted by molar-refractivity contribution is 5.77. The number of carbonyl (C=O) groups excluding carboxylic acids is 1. The van der Waals surface area contributed by atoms with Crippen molar-refractivity contribution in [3.8, 4) is 0 Å². The average molecular weight is 268 g/mol. The zero-order chi connectivity index (χ0) is 13.7. The van der Waals surface area contributed by atoms with Crippen molar-refractivity contribution in [3.63, 3.8) is 0 Å². The molecule has 4 heteroatoms. The Morgan fingerprint density at radius 1 is 1.32 bits per heavy atom. The summed E-state index contributed by atoms with van der Waals surface area (Å²) in [6.45, 7) is 2.30. The molecule has 0 spiro atoms. The van der Waals surface area contributed by atoms with E-state index in [2.05, 4.69) is 0 Å². The summed E-state index contributed by atoms with van der Waals surface area (Å²) >= 11 is 0. The maximum absolute atomic E-state index is 12.5. The number of piperidine rings is 1. The first-order valence-electron chi connectivity index (χ1n) is 7.70. The van der Waals surface area contributed by atoms with Gasteiger partial charge in [-0.2, -0.15) is 0 Å². The molecule has 2 fully saturated rings. The third-order valence-corrected chi connectivity index (χ3v) is 4.94. The summed E-state index contributed by atoms with van der Waals surface area (Å²) in [4.78, 5) is 14.5. The van der Waals surface area contributed by atoms with Crippen LogP contribution in [0.15, 0.2) is 0 Å². The van der Waals surface area contributed by atoms with E-state index in [1.165, 1.54) is 19.3 Å². The molecule has 1 atom stereocenters. The molecular formula is C15H28N2O2. The average Bonchev–Trinajstić information content (AvgIpc) is 2.48. The normalized spacial score (nSPS) is 27.3. The van der Waals surface area contributed by atoms with Crippen LogP contribution >= 0.6 is 0 Å². The molecule has 1 aliphatic carbocycles. The van der Waals surface area contributed by atoms with Gasteiger partial charge in [-0.25, -0.2) is 0 Å². The quantitative estimate of drug-likeness (QED) is 0.847. The molecule has 1 saturated carbocycles. The lowest BCUT2D eigenvalue weighted by Crippen LogP contribution is -2.46. The van der Waals surface area contributed by atoms with Crippen molar-refractivity contribution in [1.29, 1.82) is 0 Å². The van der Waals surface area contributed by atoms with Crippen LogP contribution in [-0.2, 0) is 9.53 Å². The number of carbonyl (C=O) groups is 1. The van der Waals surface area contributed by atoms with Crippen LogP contribution in [-0.4, -0.2) is 43.7 Å². The molecule has 1 saturated heterocycles. The van der Waals surface area contributed by atoms with Crippen LogP contribution in [0.3, 0.4) is 0 Å². The minimum Gasteiger partial charge on any atom is -0.380 e. The highest BCUT2D eigenvalue weighted by Gasteiger charge is 2.35. The Hall–Kier alpha value is -0.610. The molecule has 0 bridgehead atoms. The second kappa shape index (κ2) is 6.71. The molecule has 4 nitrogen and oxygen atoms in total. The zero-order valence-electron chi connectivity index (χ0n) is 12.2. The van der Waals surface area contributed by atoms with Crippen molar-refractivity contribution in [2.45, 2.75) is 57.5 Å². The number of hydrogen-bond donors (Lipinski definition) is 1. The highest BCUT2D eigenvalue weighted by Crippen LogP contribution is 2.39. The molecule has 2 aliphatic rings. The number of amides is 1. The van der Waals surface area contributed by atoms with Gasteiger partial charge in [0, 0.05) is 26.6 Å². The van der Waals surface area contributed by atoms with Crippen molar-refractivity contribution in [3.05, 3.63) is 0 Å². The van der Waals surface area contributed by atoms with E-state index < -0.39 is 0 Å². The number of ether oxygens (including phenoxy) is 1. The number of hydrogen-bond acceptors (Lipinski definition) is 3. The van der Waals surface area contributed by atoms with Gasteiger partial charge in [0.05, 0.1) is 6.10 Å². The molecule has 0 radical (unpaired) electrons. The predicted octanol–water partition coefficient (Wildman–Crippen LogP) is 1.92. The maximum Gasteiger partial charge on any atom is 0.223 e. The minimum atomic E-state index is 0.0787. The van der Waals surface area contributed by atoms with Gasteiger partial charge in [0.15, 0.2) is 0 Å². The fourth-order valence-electron chi connectivity index (χ4n) is 3.54. The van der Waals surface area contributed by atoms with Gasteiger partial charge in [-0.15, -0.1) is 0 Å². The fraction of sp³-hybridized carbons (Fsp3) is 0.933. The molecule has 1 heterocycles. The van der Waals surface area contributed by atoms with E-state index in [-0.39, 0.29) is 17.4 Å². The van der Waals surface area contributed by atoms with Gasteiger partial charge in [-0.3, -0.25) is 4.79 Å². The number of methoxy groups -OCH3 is 1. The Morgan fingerprint density at radius 3 is 2.68 bits per heavy atom. The highest BCUT2D eigenvalue weighted by atomic mass is 16.5. The first-order valence-corrected chi connectivity index (χ1v) is 7.70. The first kappa shape index (κ1) is 14.8. The molecule has 1 amide bonds. The van der Waals surface area contributed by atoms with E-state index in [1.54, 1.807) is 7.11 Å². The summed E-state index contributed by atoms with van der Waals surface area (Å²) < 4.78 is 5.39. The van der Waals surface area contributed by atoms with Crippen molar-refractivity contribution in [1.82, 2.24) is 4.90 Å². The first-order chi connectivity index (χ1) is 9.19. The Bertz CT molecular complexity index is 301. The van der Waals surface area contributed by atoms with Gasteiger partial charge < -0.3 is 15.4 Å². The number of nitrogens with zero attached hydrogens (tertiary/aromatic N) is 1. The fourth-order valence-corrected chi connectivity index (χ4v) is 3.54. The Balaban J connectivity index is 1.91. The Morgan fingerprint density at radius 2 is 2.05 bits per heavy atom. The van der Waals surface area contributed by atoms with Gasteiger partial charge in [0.2, 0.25) is 5.91 Å². The summed E-state index contributed by atoms with van der Waals surface area (Å²) in [7, 11) is 1.74. The number of rotatable bonds is 4. The molecule has 110 valence electrons. The number of nitrogens with two attached hydrogens (primary N) is 1. The van der Waals surface area contributed by atoms with Crippen molar-refractivity contribution >= 4 is 5.91 Å². The van der Waals surface area contributed by atoms with E-state index in [4.69, 9.17) is 10.5 Å². The molecule has 19 heavy (non-hydrogen) atoms. The van der Waals surface area contributed by atoms with E-state index in [0.29, 0.717) is 13.0 Å². The second-order valence-electron chi connectivity index (χ2n) is 6.28. The molecule has 1 unspecified atom stereocenters. The van der Waals surface area contributed by atoms with Crippen LogP contribution < -0.4 is 5.73 Å². The molecule has 1 aliphatic heterocycles. The monoisotopic (exact) mass is 268 g/mol. The van der Waals surface area contributed by atoms with E-state index in [0.717, 1.165) is 38.8 Å². The molecule has 2 N–H and O–H groups in total. The van der Waals surface area contributed by atoms with Crippen LogP contribution in [0.4, 0.5) is 0 Å². The van der Waals surface area contributed by atoms with E-state index in [1.807, 2.05) is 4.90 Å². The molecular weight excluding hydrogens is 240 g/mol. The van der Waals surface area contributed by atoms with Gasteiger partial charge in [0.25, 0.3) is 0 Å². The summed E-state index contributed by atoms with van der Waals surface area (Å²) in [6, 6.07) is 0. The number of likely N-dealkylation sites (tertiary alicyclic amines) is 1. The second-order valence-corrected chi connectivity index (χ2v) is 6.28. The van der Waals surface area contributed by atoms with Gasteiger partial charge >= 0.3 is 0 Å². The zero-order valence-corrected chi connectivity index (χ0v) is 12.2.